The molecule has 0 saturated carbocycles. The van der Waals surface area contributed by atoms with E-state index in [0.717, 1.165) is 28.4 Å². The number of aromatic nitrogens is 3. The fourth-order valence-electron chi connectivity index (χ4n) is 4.00. The van der Waals surface area contributed by atoms with Gasteiger partial charge in [-0.2, -0.15) is 0 Å². The van der Waals surface area contributed by atoms with Crippen LogP contribution in [0.4, 0.5) is 5.69 Å². The lowest BCUT2D eigenvalue weighted by molar-refractivity contribution is -0.132. The second-order valence-electron chi connectivity index (χ2n) is 8.94. The molecule has 10 nitrogen and oxygen atoms in total. The number of hydrogen-bond donors (Lipinski definition) is 1. The van der Waals surface area contributed by atoms with Crippen molar-refractivity contribution in [2.45, 2.75) is 25.5 Å². The molecular formula is C28H27N5O5S2. The second-order valence-corrected chi connectivity index (χ2v) is 10.8. The first-order valence-electron chi connectivity index (χ1n) is 12.4. The van der Waals surface area contributed by atoms with Gasteiger partial charge in [0.2, 0.25) is 18.6 Å². The summed E-state index contributed by atoms with van der Waals surface area (Å²) in [5, 5.41) is 6.01. The van der Waals surface area contributed by atoms with E-state index in [4.69, 9.17) is 19.2 Å². The zero-order valence-corrected chi connectivity index (χ0v) is 23.8. The molecule has 1 aliphatic rings. The lowest BCUT2D eigenvalue weighted by Gasteiger charge is -2.21. The van der Waals surface area contributed by atoms with Crippen LogP contribution in [-0.4, -0.2) is 57.9 Å². The summed E-state index contributed by atoms with van der Waals surface area (Å²) in [7, 11) is 1.62. The second kappa shape index (κ2) is 12.3. The van der Waals surface area contributed by atoms with Crippen molar-refractivity contribution in [2.75, 3.05) is 31.5 Å². The van der Waals surface area contributed by atoms with Gasteiger partial charge in [0, 0.05) is 34.1 Å². The fraction of sp³-hybridized carbons (Fsp3) is 0.250. The predicted molar refractivity (Wildman–Crippen MR) is 153 cm³/mol. The highest BCUT2D eigenvalue weighted by atomic mass is 32.2. The topological polar surface area (TPSA) is 116 Å². The Morgan fingerprint density at radius 3 is 2.52 bits per heavy atom. The Hall–Kier alpha value is -4.16. The number of carbonyl (C=O) groups excluding carboxylic acids is 2. The summed E-state index contributed by atoms with van der Waals surface area (Å²) in [6.45, 7) is 3.94. The van der Waals surface area contributed by atoms with Gasteiger partial charge < -0.3 is 24.4 Å². The molecule has 0 spiro atoms. The summed E-state index contributed by atoms with van der Waals surface area (Å²) in [5.74, 6) is 1.45. The molecule has 206 valence electrons. The van der Waals surface area contributed by atoms with Crippen molar-refractivity contribution in [3.8, 4) is 28.5 Å². The normalized spacial score (nSPS) is 11.8. The molecule has 0 atom stereocenters. The molecule has 5 rings (SSSR count). The number of aryl methyl sites for hydroxylation is 2. The quantitative estimate of drug-likeness (QED) is 0.211. The minimum atomic E-state index is -0.341. The molecule has 0 aliphatic carbocycles. The summed E-state index contributed by atoms with van der Waals surface area (Å²) in [4.78, 5) is 41.4. The molecule has 0 bridgehead atoms. The van der Waals surface area contributed by atoms with Gasteiger partial charge in [0.05, 0.1) is 25.1 Å². The van der Waals surface area contributed by atoms with Crippen LogP contribution in [0.5, 0.6) is 17.2 Å². The number of benzene rings is 2. The molecule has 2 aromatic heterocycles. The zero-order chi connectivity index (χ0) is 28.1. The Morgan fingerprint density at radius 1 is 1.02 bits per heavy atom. The Morgan fingerprint density at radius 2 is 1.77 bits per heavy atom. The minimum absolute atomic E-state index is 0.0803. The lowest BCUT2D eigenvalue weighted by atomic mass is 10.2. The summed E-state index contributed by atoms with van der Waals surface area (Å²) in [5.41, 5.74) is 3.94. The number of thiazole rings is 1. The number of carbonyl (C=O) groups is 2. The Kier molecular flexibility index (Phi) is 8.46. The van der Waals surface area contributed by atoms with Gasteiger partial charge in [-0.05, 0) is 56.3 Å². The van der Waals surface area contributed by atoms with Gasteiger partial charge in [-0.15, -0.1) is 11.3 Å². The van der Waals surface area contributed by atoms with Crippen molar-refractivity contribution < 1.29 is 23.8 Å². The first-order chi connectivity index (χ1) is 19.4. The molecule has 0 fully saturated rings. The van der Waals surface area contributed by atoms with Crippen LogP contribution in [0.1, 0.15) is 16.4 Å². The predicted octanol–water partition coefficient (Wildman–Crippen LogP) is 4.71. The smallest absolute Gasteiger partial charge is 0.244 e. The monoisotopic (exact) mass is 577 g/mol. The number of anilines is 1. The third kappa shape index (κ3) is 6.88. The highest BCUT2D eigenvalue weighted by Crippen LogP contribution is 2.34. The van der Waals surface area contributed by atoms with Crippen LogP contribution in [0, 0.1) is 13.8 Å². The molecule has 4 aromatic rings. The number of ether oxygens (including phenoxy) is 3. The highest BCUT2D eigenvalue weighted by molar-refractivity contribution is 7.99. The first kappa shape index (κ1) is 27.4. The van der Waals surface area contributed by atoms with E-state index in [2.05, 4.69) is 15.3 Å². The average molecular weight is 578 g/mol. The maximum Gasteiger partial charge on any atom is 0.244 e. The van der Waals surface area contributed by atoms with Gasteiger partial charge in [-0.1, -0.05) is 11.8 Å². The van der Waals surface area contributed by atoms with E-state index >= 15 is 0 Å². The Balaban J connectivity index is 1.30. The van der Waals surface area contributed by atoms with Crippen LogP contribution in [0.25, 0.3) is 11.3 Å². The third-order valence-corrected chi connectivity index (χ3v) is 7.56. The number of rotatable bonds is 10. The Labute approximate surface area is 239 Å². The average Bonchev–Trinajstić information content (AvgIpc) is 3.60. The van der Waals surface area contributed by atoms with Crippen molar-refractivity contribution >= 4 is 40.6 Å². The van der Waals surface area contributed by atoms with Crippen LogP contribution >= 0.6 is 23.1 Å². The van der Waals surface area contributed by atoms with E-state index in [1.165, 1.54) is 28.0 Å². The maximum absolute atomic E-state index is 13.4. The van der Waals surface area contributed by atoms with Gasteiger partial charge in [0.25, 0.3) is 0 Å². The lowest BCUT2D eigenvalue weighted by Crippen LogP contribution is -2.38. The summed E-state index contributed by atoms with van der Waals surface area (Å²) in [6.07, 6.45) is 0. The van der Waals surface area contributed by atoms with Crippen LogP contribution in [0.3, 0.4) is 0 Å². The highest BCUT2D eigenvalue weighted by Gasteiger charge is 2.21. The molecule has 1 N–H and O–H groups in total. The zero-order valence-electron chi connectivity index (χ0n) is 22.2. The van der Waals surface area contributed by atoms with Crippen molar-refractivity contribution in [1.29, 1.82) is 0 Å². The van der Waals surface area contributed by atoms with Gasteiger partial charge in [0.1, 0.15) is 17.3 Å². The van der Waals surface area contributed by atoms with Crippen molar-refractivity contribution in [3.05, 3.63) is 70.3 Å². The number of amides is 2. The van der Waals surface area contributed by atoms with E-state index in [0.29, 0.717) is 27.4 Å². The SMILES string of the molecule is COc1ccc(-c2csc(CN(CC(=O)Nc3ccc4c(c3)OCO4)C(=O)CSc3nc(C)cc(C)n3)n2)cc1. The summed E-state index contributed by atoms with van der Waals surface area (Å²) in [6, 6.07) is 14.6. The molecule has 3 heterocycles. The van der Waals surface area contributed by atoms with Crippen molar-refractivity contribution in [2.24, 2.45) is 0 Å². The number of fused-ring (bicyclic) bond motifs is 1. The number of nitrogens with one attached hydrogen (secondary N) is 1. The summed E-state index contributed by atoms with van der Waals surface area (Å²) < 4.78 is 16.0. The van der Waals surface area contributed by atoms with Crippen LogP contribution in [-0.2, 0) is 16.1 Å². The van der Waals surface area contributed by atoms with E-state index in [1.807, 2.05) is 49.6 Å². The van der Waals surface area contributed by atoms with Gasteiger partial charge in [-0.25, -0.2) is 15.0 Å². The molecule has 40 heavy (non-hydrogen) atoms. The molecule has 12 heteroatoms. The van der Waals surface area contributed by atoms with E-state index in [1.54, 1.807) is 25.3 Å². The molecule has 0 unspecified atom stereocenters. The third-order valence-electron chi connectivity index (χ3n) is 5.89. The van der Waals surface area contributed by atoms with Gasteiger partial charge in [0.15, 0.2) is 16.7 Å². The van der Waals surface area contributed by atoms with Gasteiger partial charge in [-0.3, -0.25) is 9.59 Å². The number of nitrogens with zero attached hydrogens (tertiary/aromatic N) is 4. The van der Waals surface area contributed by atoms with Gasteiger partial charge >= 0.3 is 0 Å². The van der Waals surface area contributed by atoms with E-state index in [9.17, 15) is 9.59 Å². The number of thioether (sulfide) groups is 1. The van der Waals surface area contributed by atoms with Crippen molar-refractivity contribution in [1.82, 2.24) is 19.9 Å². The molecular weight excluding hydrogens is 550 g/mol. The van der Waals surface area contributed by atoms with Crippen molar-refractivity contribution in [3.63, 3.8) is 0 Å². The van der Waals surface area contributed by atoms with Crippen LogP contribution < -0.4 is 19.5 Å². The van der Waals surface area contributed by atoms with Crippen LogP contribution in [0.2, 0.25) is 0 Å². The molecule has 0 radical (unpaired) electrons. The van der Waals surface area contributed by atoms with E-state index < -0.39 is 0 Å². The number of methoxy groups -OCH3 is 1. The minimum Gasteiger partial charge on any atom is -0.497 e. The molecule has 2 amide bonds. The fourth-order valence-corrected chi connectivity index (χ4v) is 5.67. The molecule has 0 saturated heterocycles. The first-order valence-corrected chi connectivity index (χ1v) is 14.2. The van der Waals surface area contributed by atoms with E-state index in [-0.39, 0.29) is 37.4 Å². The Bertz CT molecular complexity index is 1510. The number of hydrogen-bond acceptors (Lipinski definition) is 10. The standard InChI is InChI=1S/C28H27N5O5S2/c1-17-10-18(2)30-28(29-17)40-15-27(35)33(12-25(34)31-20-6-9-23-24(11-20)38-16-37-23)13-26-32-22(14-39-26)19-4-7-21(36-3)8-5-19/h4-11,14H,12-13,15-16H2,1-3H3,(H,31,34). The largest absolute Gasteiger partial charge is 0.497 e. The molecule has 2 aromatic carbocycles. The maximum atomic E-state index is 13.4. The summed E-state index contributed by atoms with van der Waals surface area (Å²) >= 11 is 2.67. The molecule has 1 aliphatic heterocycles. The van der Waals surface area contributed by atoms with Crippen LogP contribution in [0.15, 0.2) is 59.1 Å².